The van der Waals surface area contributed by atoms with E-state index in [0.717, 1.165) is 18.1 Å². The van der Waals surface area contributed by atoms with Gasteiger partial charge in [0.15, 0.2) is 11.0 Å². The lowest BCUT2D eigenvalue weighted by Crippen LogP contribution is -1.88. The molecule has 1 aromatic heterocycles. The largest absolute Gasteiger partial charge is 0.371 e. The van der Waals surface area contributed by atoms with Crippen LogP contribution >= 0.6 is 11.6 Å². The molecule has 0 aliphatic heterocycles. The van der Waals surface area contributed by atoms with Crippen molar-refractivity contribution in [1.82, 2.24) is 9.97 Å². The van der Waals surface area contributed by atoms with Gasteiger partial charge in [-0.25, -0.2) is 4.98 Å². The molecule has 0 aromatic carbocycles. The number of rotatable bonds is 2. The maximum Gasteiger partial charge on any atom is 0.163 e. The molecule has 2 N–H and O–H groups in total. The predicted octanol–water partition coefficient (Wildman–Crippen LogP) is 1.67. The van der Waals surface area contributed by atoms with Gasteiger partial charge in [0.05, 0.1) is 0 Å². The van der Waals surface area contributed by atoms with Crippen molar-refractivity contribution in [3.8, 4) is 0 Å². The summed E-state index contributed by atoms with van der Waals surface area (Å²) in [4.78, 5) is 7.09. The van der Waals surface area contributed by atoms with Crippen LogP contribution in [0.4, 0.5) is 5.82 Å². The van der Waals surface area contributed by atoms with Crippen LogP contribution in [0.2, 0.25) is 5.15 Å². The summed E-state index contributed by atoms with van der Waals surface area (Å²) < 4.78 is 0. The van der Waals surface area contributed by atoms with Crippen molar-refractivity contribution in [2.45, 2.75) is 13.3 Å². The van der Waals surface area contributed by atoms with E-state index in [-0.39, 0.29) is 0 Å². The lowest BCUT2D eigenvalue weighted by Gasteiger charge is -1.89. The Labute approximate surface area is 64.8 Å². The van der Waals surface area contributed by atoms with Crippen LogP contribution in [-0.4, -0.2) is 17.0 Å². The molecular formula is C6H10ClN3. The van der Waals surface area contributed by atoms with Gasteiger partial charge in [0.1, 0.15) is 5.82 Å². The number of aromatic nitrogens is 2. The molecule has 0 bridgehead atoms. The number of hydrogen-bond acceptors (Lipinski definition) is 2. The van der Waals surface area contributed by atoms with Crippen LogP contribution in [0.3, 0.4) is 0 Å². The Hall–Kier alpha value is -0.700. The molecular weight excluding hydrogens is 150 g/mol. The third kappa shape index (κ3) is 1.24. The summed E-state index contributed by atoms with van der Waals surface area (Å²) in [6, 6.07) is 0. The van der Waals surface area contributed by atoms with Crippen molar-refractivity contribution in [2.24, 2.45) is 0 Å². The van der Waals surface area contributed by atoms with Gasteiger partial charge in [-0.05, 0) is 0 Å². The van der Waals surface area contributed by atoms with Crippen LogP contribution in [0, 0.1) is 0 Å². The predicted molar refractivity (Wildman–Crippen MR) is 42.5 cm³/mol. The molecule has 0 saturated carbocycles. The number of aromatic amines is 1. The normalized spacial score (nSPS) is 9.90. The molecule has 0 aliphatic carbocycles. The SMILES string of the molecule is CCc1nc(NC)c(Cl)[nH]1. The molecule has 1 aromatic rings. The van der Waals surface area contributed by atoms with Gasteiger partial charge in [-0.3, -0.25) is 0 Å². The van der Waals surface area contributed by atoms with E-state index in [4.69, 9.17) is 11.6 Å². The summed E-state index contributed by atoms with van der Waals surface area (Å²) in [5, 5.41) is 3.46. The van der Waals surface area contributed by atoms with Crippen molar-refractivity contribution in [3.63, 3.8) is 0 Å². The zero-order chi connectivity index (χ0) is 7.56. The number of aryl methyl sites for hydroxylation is 1. The van der Waals surface area contributed by atoms with Crippen molar-refractivity contribution >= 4 is 17.4 Å². The summed E-state index contributed by atoms with van der Waals surface area (Å²) in [6.45, 7) is 2.02. The first kappa shape index (κ1) is 7.41. The average molecular weight is 160 g/mol. The lowest BCUT2D eigenvalue weighted by molar-refractivity contribution is 0.990. The van der Waals surface area contributed by atoms with Crippen LogP contribution < -0.4 is 5.32 Å². The highest BCUT2D eigenvalue weighted by Crippen LogP contribution is 2.16. The highest BCUT2D eigenvalue weighted by molar-refractivity contribution is 6.31. The quantitative estimate of drug-likeness (QED) is 0.689. The second-order valence-corrected chi connectivity index (χ2v) is 2.33. The number of nitrogens with one attached hydrogen (secondary N) is 2. The number of hydrogen-bond donors (Lipinski definition) is 2. The maximum absolute atomic E-state index is 5.74. The van der Waals surface area contributed by atoms with Crippen LogP contribution in [0.1, 0.15) is 12.7 Å². The first-order chi connectivity index (χ1) is 4.77. The molecule has 0 spiro atoms. The van der Waals surface area contributed by atoms with Crippen LogP contribution in [0.25, 0.3) is 0 Å². The van der Waals surface area contributed by atoms with Gasteiger partial charge in [-0.1, -0.05) is 18.5 Å². The van der Waals surface area contributed by atoms with Gasteiger partial charge in [0.2, 0.25) is 0 Å². The number of imidazole rings is 1. The van der Waals surface area contributed by atoms with E-state index >= 15 is 0 Å². The van der Waals surface area contributed by atoms with Crippen LogP contribution in [0.15, 0.2) is 0 Å². The van der Waals surface area contributed by atoms with Crippen molar-refractivity contribution < 1.29 is 0 Å². The summed E-state index contributed by atoms with van der Waals surface area (Å²) in [7, 11) is 1.79. The van der Waals surface area contributed by atoms with Gasteiger partial charge in [0.25, 0.3) is 0 Å². The topological polar surface area (TPSA) is 40.7 Å². The molecule has 0 aliphatic rings. The fourth-order valence-corrected chi connectivity index (χ4v) is 0.977. The molecule has 56 valence electrons. The second kappa shape index (κ2) is 2.92. The maximum atomic E-state index is 5.74. The summed E-state index contributed by atoms with van der Waals surface area (Å²) in [5.41, 5.74) is 0. The second-order valence-electron chi connectivity index (χ2n) is 1.95. The minimum atomic E-state index is 0.583. The smallest absolute Gasteiger partial charge is 0.163 e. The number of nitrogens with zero attached hydrogens (tertiary/aromatic N) is 1. The highest BCUT2D eigenvalue weighted by atomic mass is 35.5. The Kier molecular flexibility index (Phi) is 2.17. The standard InChI is InChI=1S/C6H10ClN3/c1-3-4-9-5(7)6(8-2)10-4/h8H,3H2,1-2H3,(H,9,10). The molecule has 0 saturated heterocycles. The number of halogens is 1. The monoisotopic (exact) mass is 159 g/mol. The fraction of sp³-hybridized carbons (Fsp3) is 0.500. The molecule has 10 heavy (non-hydrogen) atoms. The number of anilines is 1. The Bertz CT molecular complexity index is 219. The van der Waals surface area contributed by atoms with Gasteiger partial charge in [-0.15, -0.1) is 0 Å². The van der Waals surface area contributed by atoms with Gasteiger partial charge < -0.3 is 10.3 Å². The van der Waals surface area contributed by atoms with E-state index < -0.39 is 0 Å². The minimum absolute atomic E-state index is 0.583. The van der Waals surface area contributed by atoms with E-state index in [9.17, 15) is 0 Å². The van der Waals surface area contributed by atoms with Crippen LogP contribution in [-0.2, 0) is 6.42 Å². The summed E-state index contributed by atoms with van der Waals surface area (Å²) in [6.07, 6.45) is 0.876. The van der Waals surface area contributed by atoms with Crippen LogP contribution in [0.5, 0.6) is 0 Å². The number of H-pyrrole nitrogens is 1. The van der Waals surface area contributed by atoms with E-state index in [0.29, 0.717) is 5.15 Å². The molecule has 1 heterocycles. The van der Waals surface area contributed by atoms with Crippen molar-refractivity contribution in [3.05, 3.63) is 11.0 Å². The zero-order valence-electron chi connectivity index (χ0n) is 6.03. The molecule has 4 heteroatoms. The van der Waals surface area contributed by atoms with Gasteiger partial charge in [-0.2, -0.15) is 0 Å². The van der Waals surface area contributed by atoms with Gasteiger partial charge >= 0.3 is 0 Å². The molecule has 0 radical (unpaired) electrons. The first-order valence-corrected chi connectivity index (χ1v) is 3.57. The Morgan fingerprint density at radius 3 is 2.70 bits per heavy atom. The van der Waals surface area contributed by atoms with Crippen molar-refractivity contribution in [2.75, 3.05) is 12.4 Å². The van der Waals surface area contributed by atoms with E-state index in [2.05, 4.69) is 15.3 Å². The molecule has 0 amide bonds. The van der Waals surface area contributed by atoms with Gasteiger partial charge in [0, 0.05) is 13.5 Å². The molecule has 1 rings (SSSR count). The molecule has 0 atom stereocenters. The Morgan fingerprint density at radius 1 is 1.70 bits per heavy atom. The molecule has 0 unspecified atom stereocenters. The lowest BCUT2D eigenvalue weighted by atomic mass is 10.5. The summed E-state index contributed by atoms with van der Waals surface area (Å²) in [5.74, 6) is 1.63. The Morgan fingerprint density at radius 2 is 2.40 bits per heavy atom. The van der Waals surface area contributed by atoms with Crippen molar-refractivity contribution in [1.29, 1.82) is 0 Å². The van der Waals surface area contributed by atoms with E-state index in [1.54, 1.807) is 7.05 Å². The van der Waals surface area contributed by atoms with E-state index in [1.807, 2.05) is 6.92 Å². The zero-order valence-corrected chi connectivity index (χ0v) is 6.79. The minimum Gasteiger partial charge on any atom is -0.371 e. The average Bonchev–Trinajstić information content (AvgIpc) is 2.30. The van der Waals surface area contributed by atoms with E-state index in [1.165, 1.54) is 0 Å². The summed E-state index contributed by atoms with van der Waals surface area (Å²) >= 11 is 5.74. The first-order valence-electron chi connectivity index (χ1n) is 3.20. The fourth-order valence-electron chi connectivity index (χ4n) is 0.731. The third-order valence-corrected chi connectivity index (χ3v) is 1.55. The third-order valence-electron chi connectivity index (χ3n) is 1.28. The molecule has 3 nitrogen and oxygen atoms in total. The Balaban J connectivity index is 2.92. The highest BCUT2D eigenvalue weighted by Gasteiger charge is 2.02. The molecule has 0 fully saturated rings.